The summed E-state index contributed by atoms with van der Waals surface area (Å²) in [7, 11) is 0. The van der Waals surface area contributed by atoms with Gasteiger partial charge in [-0.1, -0.05) is 90.5 Å². The zero-order valence-corrected chi connectivity index (χ0v) is 22.8. The number of nitrogens with zero attached hydrogens (tertiary/aromatic N) is 1. The van der Waals surface area contributed by atoms with Gasteiger partial charge in [0, 0.05) is 31.0 Å². The van der Waals surface area contributed by atoms with Crippen molar-refractivity contribution in [2.45, 2.75) is 38.4 Å². The molecule has 0 spiro atoms. The van der Waals surface area contributed by atoms with Gasteiger partial charge in [0.15, 0.2) is 11.5 Å². The molecular formula is C33H31ClN2O4. The number of nitrogens with one attached hydrogen (secondary N) is 1. The van der Waals surface area contributed by atoms with Crippen molar-refractivity contribution in [2.24, 2.45) is 0 Å². The van der Waals surface area contributed by atoms with Crippen LogP contribution in [0.2, 0.25) is 5.02 Å². The van der Waals surface area contributed by atoms with E-state index in [0.29, 0.717) is 48.9 Å². The molecule has 7 heteroatoms. The van der Waals surface area contributed by atoms with Crippen molar-refractivity contribution < 1.29 is 19.1 Å². The standard InChI is InChI=1S/C33H31ClN2O4/c34-28-15-11-26(12-16-28)22-36(32(37)18-14-24-7-3-1-4-8-24)29(19-25-9-5-2-6-10-25)33(38)35-21-27-13-17-30-31(20-27)40-23-39-30/h1-13,15-17,20,29H,14,18-19,21-23H2,(H,35,38)/t29-/m0/s1. The number of carbonyl (C=O) groups is 2. The molecule has 0 unspecified atom stereocenters. The fraction of sp³-hybridized carbons (Fsp3) is 0.212. The van der Waals surface area contributed by atoms with Gasteiger partial charge in [0.25, 0.3) is 0 Å². The lowest BCUT2D eigenvalue weighted by molar-refractivity contribution is -0.141. The van der Waals surface area contributed by atoms with Crippen molar-refractivity contribution >= 4 is 23.4 Å². The molecule has 2 amide bonds. The second-order valence-corrected chi connectivity index (χ2v) is 10.2. The summed E-state index contributed by atoms with van der Waals surface area (Å²) in [5.41, 5.74) is 3.84. The topological polar surface area (TPSA) is 67.9 Å². The van der Waals surface area contributed by atoms with Gasteiger partial charge >= 0.3 is 0 Å². The average Bonchev–Trinajstić information content (AvgIpc) is 3.46. The highest BCUT2D eigenvalue weighted by Crippen LogP contribution is 2.32. The van der Waals surface area contributed by atoms with Crippen LogP contribution in [-0.4, -0.2) is 29.5 Å². The smallest absolute Gasteiger partial charge is 0.243 e. The molecule has 0 saturated heterocycles. The minimum Gasteiger partial charge on any atom is -0.454 e. The molecule has 1 aliphatic rings. The van der Waals surface area contributed by atoms with E-state index in [9.17, 15) is 9.59 Å². The number of amides is 2. The molecule has 204 valence electrons. The molecule has 1 heterocycles. The number of rotatable bonds is 11. The Labute approximate surface area is 239 Å². The molecule has 0 aromatic heterocycles. The number of fused-ring (bicyclic) bond motifs is 1. The Kier molecular flexibility index (Phi) is 8.99. The summed E-state index contributed by atoms with van der Waals surface area (Å²) >= 11 is 6.12. The van der Waals surface area contributed by atoms with Crippen molar-refractivity contribution in [3.63, 3.8) is 0 Å². The van der Waals surface area contributed by atoms with E-state index in [0.717, 1.165) is 22.3 Å². The van der Waals surface area contributed by atoms with Gasteiger partial charge in [-0.3, -0.25) is 9.59 Å². The highest BCUT2D eigenvalue weighted by atomic mass is 35.5. The average molecular weight is 555 g/mol. The maximum absolute atomic E-state index is 13.8. The summed E-state index contributed by atoms with van der Waals surface area (Å²) in [4.78, 5) is 29.4. The van der Waals surface area contributed by atoms with Crippen LogP contribution in [-0.2, 0) is 35.5 Å². The third-order valence-corrected chi connectivity index (χ3v) is 7.16. The molecule has 4 aromatic rings. The first kappa shape index (κ1) is 27.3. The van der Waals surface area contributed by atoms with Crippen molar-refractivity contribution in [1.29, 1.82) is 0 Å². The lowest BCUT2D eigenvalue weighted by Crippen LogP contribution is -2.50. The van der Waals surface area contributed by atoms with Crippen molar-refractivity contribution in [1.82, 2.24) is 10.2 Å². The zero-order valence-electron chi connectivity index (χ0n) is 22.1. The molecule has 0 fully saturated rings. The molecule has 6 nitrogen and oxygen atoms in total. The molecule has 1 aliphatic heterocycles. The second kappa shape index (κ2) is 13.2. The van der Waals surface area contributed by atoms with Crippen LogP contribution in [0, 0.1) is 0 Å². The number of hydrogen-bond acceptors (Lipinski definition) is 4. The highest BCUT2D eigenvalue weighted by molar-refractivity contribution is 6.30. The minimum absolute atomic E-state index is 0.0852. The third kappa shape index (κ3) is 7.21. The van der Waals surface area contributed by atoms with Gasteiger partial charge in [0.2, 0.25) is 18.6 Å². The Balaban J connectivity index is 1.39. The Bertz CT molecular complexity index is 1430. The molecule has 0 aliphatic carbocycles. The van der Waals surface area contributed by atoms with E-state index in [1.54, 1.807) is 17.0 Å². The molecule has 0 saturated carbocycles. The maximum Gasteiger partial charge on any atom is 0.243 e. The van der Waals surface area contributed by atoms with Gasteiger partial charge in [-0.05, 0) is 52.9 Å². The van der Waals surface area contributed by atoms with E-state index in [1.165, 1.54) is 0 Å². The number of hydrogen-bond donors (Lipinski definition) is 1. The van der Waals surface area contributed by atoms with Crippen LogP contribution >= 0.6 is 11.6 Å². The Hall–Kier alpha value is -4.29. The monoisotopic (exact) mass is 554 g/mol. The number of ether oxygens (including phenoxy) is 2. The molecule has 1 N–H and O–H groups in total. The predicted octanol–water partition coefficient (Wildman–Crippen LogP) is 5.96. The largest absolute Gasteiger partial charge is 0.454 e. The lowest BCUT2D eigenvalue weighted by atomic mass is 10.0. The van der Waals surface area contributed by atoms with E-state index in [2.05, 4.69) is 5.32 Å². The number of halogens is 1. The molecule has 5 rings (SSSR count). The van der Waals surface area contributed by atoms with Crippen LogP contribution in [0.5, 0.6) is 11.5 Å². The van der Waals surface area contributed by atoms with Gasteiger partial charge < -0.3 is 19.7 Å². The first-order chi connectivity index (χ1) is 19.5. The molecule has 4 aromatic carbocycles. The lowest BCUT2D eigenvalue weighted by Gasteiger charge is -2.32. The summed E-state index contributed by atoms with van der Waals surface area (Å²) in [5, 5.41) is 3.68. The van der Waals surface area contributed by atoms with Gasteiger partial charge in [-0.15, -0.1) is 0 Å². The highest BCUT2D eigenvalue weighted by Gasteiger charge is 2.30. The van der Waals surface area contributed by atoms with Gasteiger partial charge in [0.05, 0.1) is 0 Å². The minimum atomic E-state index is -0.713. The van der Waals surface area contributed by atoms with Crippen LogP contribution in [0.15, 0.2) is 103 Å². The summed E-state index contributed by atoms with van der Waals surface area (Å²) in [5.74, 6) is 1.05. The second-order valence-electron chi connectivity index (χ2n) is 9.74. The number of aryl methyl sites for hydroxylation is 1. The molecular weight excluding hydrogens is 524 g/mol. The Morgan fingerprint density at radius 1 is 0.775 bits per heavy atom. The first-order valence-electron chi connectivity index (χ1n) is 13.3. The quantitative estimate of drug-likeness (QED) is 0.248. The fourth-order valence-electron chi connectivity index (χ4n) is 4.74. The first-order valence-corrected chi connectivity index (χ1v) is 13.7. The summed E-state index contributed by atoms with van der Waals surface area (Å²) in [6.07, 6.45) is 1.27. The third-order valence-electron chi connectivity index (χ3n) is 6.91. The van der Waals surface area contributed by atoms with Gasteiger partial charge in [0.1, 0.15) is 6.04 Å². The van der Waals surface area contributed by atoms with Crippen LogP contribution in [0.25, 0.3) is 0 Å². The van der Waals surface area contributed by atoms with E-state index in [-0.39, 0.29) is 18.6 Å². The van der Waals surface area contributed by atoms with Crippen molar-refractivity contribution in [2.75, 3.05) is 6.79 Å². The fourth-order valence-corrected chi connectivity index (χ4v) is 4.86. The van der Waals surface area contributed by atoms with Crippen LogP contribution in [0.4, 0.5) is 0 Å². The number of carbonyl (C=O) groups excluding carboxylic acids is 2. The van der Waals surface area contributed by atoms with Crippen LogP contribution in [0.3, 0.4) is 0 Å². The van der Waals surface area contributed by atoms with E-state index in [4.69, 9.17) is 21.1 Å². The SMILES string of the molecule is O=C(NCc1ccc2c(c1)OCO2)[C@H](Cc1ccccc1)N(Cc1ccc(Cl)cc1)C(=O)CCc1ccccc1. The molecule has 1 atom stereocenters. The van der Waals surface area contributed by atoms with Crippen LogP contribution in [0.1, 0.15) is 28.7 Å². The Morgan fingerprint density at radius 3 is 2.15 bits per heavy atom. The van der Waals surface area contributed by atoms with E-state index >= 15 is 0 Å². The van der Waals surface area contributed by atoms with E-state index in [1.807, 2.05) is 91.0 Å². The summed E-state index contributed by atoms with van der Waals surface area (Å²) < 4.78 is 10.9. The van der Waals surface area contributed by atoms with Crippen LogP contribution < -0.4 is 14.8 Å². The maximum atomic E-state index is 13.8. The summed E-state index contributed by atoms with van der Waals surface area (Å²) in [6.45, 7) is 0.780. The van der Waals surface area contributed by atoms with Gasteiger partial charge in [-0.25, -0.2) is 0 Å². The molecule has 40 heavy (non-hydrogen) atoms. The van der Waals surface area contributed by atoms with Crippen molar-refractivity contribution in [3.05, 3.63) is 130 Å². The Morgan fingerprint density at radius 2 is 1.43 bits per heavy atom. The van der Waals surface area contributed by atoms with E-state index < -0.39 is 6.04 Å². The zero-order chi connectivity index (χ0) is 27.7. The normalized spacial score (nSPS) is 12.5. The predicted molar refractivity (Wildman–Crippen MR) is 155 cm³/mol. The summed E-state index contributed by atoms with van der Waals surface area (Å²) in [6, 6.07) is 32.0. The number of benzene rings is 4. The van der Waals surface area contributed by atoms with Crippen molar-refractivity contribution in [3.8, 4) is 11.5 Å². The molecule has 0 bridgehead atoms. The molecule has 0 radical (unpaired) electrons. The van der Waals surface area contributed by atoms with Gasteiger partial charge in [-0.2, -0.15) is 0 Å².